The first kappa shape index (κ1) is 19.3. The quantitative estimate of drug-likeness (QED) is 0.445. The molecule has 0 saturated carbocycles. The SMILES string of the molecule is NCc1cccc(-c2nc(C(=O)Nc3ccoc3CC(=O)O)c3cccn3n2)c1F. The highest BCUT2D eigenvalue weighted by Crippen LogP contribution is 2.24. The largest absolute Gasteiger partial charge is 0.481 e. The fourth-order valence-corrected chi connectivity index (χ4v) is 3.03. The van der Waals surface area contributed by atoms with Gasteiger partial charge in [-0.15, -0.1) is 5.10 Å². The smallest absolute Gasteiger partial charge is 0.311 e. The highest BCUT2D eigenvalue weighted by molar-refractivity contribution is 6.07. The molecule has 3 heterocycles. The van der Waals surface area contributed by atoms with E-state index in [4.69, 9.17) is 15.3 Å². The summed E-state index contributed by atoms with van der Waals surface area (Å²) in [6.07, 6.45) is 2.49. The molecule has 3 aromatic heterocycles. The number of rotatable bonds is 6. The third kappa shape index (κ3) is 3.51. The number of hydrogen-bond acceptors (Lipinski definition) is 6. The number of amides is 1. The lowest BCUT2D eigenvalue weighted by atomic mass is 10.1. The second-order valence-electron chi connectivity index (χ2n) is 6.39. The van der Waals surface area contributed by atoms with Crippen LogP contribution in [0.1, 0.15) is 21.8 Å². The molecule has 0 aliphatic carbocycles. The monoisotopic (exact) mass is 409 g/mol. The summed E-state index contributed by atoms with van der Waals surface area (Å²) in [4.78, 5) is 28.2. The van der Waals surface area contributed by atoms with Crippen molar-refractivity contribution in [1.29, 1.82) is 0 Å². The summed E-state index contributed by atoms with van der Waals surface area (Å²) in [5.74, 6) is -2.18. The molecule has 0 radical (unpaired) electrons. The van der Waals surface area contributed by atoms with Gasteiger partial charge in [-0.25, -0.2) is 13.9 Å². The summed E-state index contributed by atoms with van der Waals surface area (Å²) in [6.45, 7) is 0.00558. The van der Waals surface area contributed by atoms with Crippen molar-refractivity contribution in [2.45, 2.75) is 13.0 Å². The van der Waals surface area contributed by atoms with Crippen LogP contribution in [0, 0.1) is 5.82 Å². The number of anilines is 1. The molecular formula is C20H16FN5O4. The van der Waals surface area contributed by atoms with Gasteiger partial charge in [0.05, 0.1) is 23.0 Å². The minimum absolute atomic E-state index is 0.00558. The van der Waals surface area contributed by atoms with Crippen LogP contribution in [-0.2, 0) is 17.8 Å². The molecule has 0 saturated heterocycles. The number of carbonyl (C=O) groups excluding carboxylic acids is 1. The van der Waals surface area contributed by atoms with E-state index in [1.54, 1.807) is 30.5 Å². The van der Waals surface area contributed by atoms with Gasteiger partial charge in [0, 0.05) is 24.4 Å². The van der Waals surface area contributed by atoms with Gasteiger partial charge in [-0.05, 0) is 18.2 Å². The number of furan rings is 1. The predicted molar refractivity (Wildman–Crippen MR) is 104 cm³/mol. The molecule has 4 N–H and O–H groups in total. The van der Waals surface area contributed by atoms with Crippen LogP contribution in [0.2, 0.25) is 0 Å². The minimum Gasteiger partial charge on any atom is -0.481 e. The van der Waals surface area contributed by atoms with Crippen LogP contribution in [0.5, 0.6) is 0 Å². The lowest BCUT2D eigenvalue weighted by Crippen LogP contribution is -2.18. The van der Waals surface area contributed by atoms with E-state index in [2.05, 4.69) is 15.4 Å². The molecule has 0 aliphatic heterocycles. The van der Waals surface area contributed by atoms with Gasteiger partial charge in [0.25, 0.3) is 5.91 Å². The normalized spacial score (nSPS) is 11.0. The van der Waals surface area contributed by atoms with Crippen LogP contribution in [-0.4, -0.2) is 31.6 Å². The van der Waals surface area contributed by atoms with Crippen molar-refractivity contribution < 1.29 is 23.5 Å². The van der Waals surface area contributed by atoms with Gasteiger partial charge in [0.2, 0.25) is 0 Å². The molecule has 0 unspecified atom stereocenters. The van der Waals surface area contributed by atoms with E-state index >= 15 is 0 Å². The van der Waals surface area contributed by atoms with E-state index in [0.29, 0.717) is 11.1 Å². The van der Waals surface area contributed by atoms with Crippen LogP contribution in [0.4, 0.5) is 10.1 Å². The van der Waals surface area contributed by atoms with E-state index < -0.39 is 24.1 Å². The van der Waals surface area contributed by atoms with Gasteiger partial charge in [-0.1, -0.05) is 12.1 Å². The molecule has 1 aromatic carbocycles. The van der Waals surface area contributed by atoms with Crippen molar-refractivity contribution >= 4 is 23.1 Å². The molecule has 152 valence electrons. The van der Waals surface area contributed by atoms with Crippen LogP contribution in [0.3, 0.4) is 0 Å². The number of carbonyl (C=O) groups is 2. The van der Waals surface area contributed by atoms with E-state index in [9.17, 15) is 14.0 Å². The van der Waals surface area contributed by atoms with Gasteiger partial charge >= 0.3 is 5.97 Å². The molecule has 1 amide bonds. The zero-order valence-corrected chi connectivity index (χ0v) is 15.5. The molecule has 0 bridgehead atoms. The number of carboxylic acids is 1. The van der Waals surface area contributed by atoms with Crippen LogP contribution in [0.25, 0.3) is 16.9 Å². The molecule has 4 aromatic rings. The van der Waals surface area contributed by atoms with Crippen LogP contribution < -0.4 is 11.1 Å². The van der Waals surface area contributed by atoms with Crippen LogP contribution in [0.15, 0.2) is 53.3 Å². The molecule has 0 aliphatic rings. The molecule has 30 heavy (non-hydrogen) atoms. The maximum absolute atomic E-state index is 14.8. The third-order valence-corrected chi connectivity index (χ3v) is 4.45. The van der Waals surface area contributed by atoms with Gasteiger partial charge in [0.1, 0.15) is 18.0 Å². The number of carboxylic acid groups (broad SMARTS) is 1. The Bertz CT molecular complexity index is 1260. The predicted octanol–water partition coefficient (Wildman–Crippen LogP) is 2.47. The Balaban J connectivity index is 1.76. The number of nitrogens with one attached hydrogen (secondary N) is 1. The minimum atomic E-state index is -1.10. The average molecular weight is 409 g/mol. The Morgan fingerprint density at radius 3 is 2.83 bits per heavy atom. The maximum atomic E-state index is 14.8. The number of hydrogen-bond donors (Lipinski definition) is 3. The van der Waals surface area contributed by atoms with E-state index in [0.717, 1.165) is 0 Å². The van der Waals surface area contributed by atoms with E-state index in [-0.39, 0.29) is 35.1 Å². The Hall–Kier alpha value is -4.05. The first-order chi connectivity index (χ1) is 14.5. The van der Waals surface area contributed by atoms with Crippen molar-refractivity contribution in [3.8, 4) is 11.4 Å². The number of fused-ring (bicyclic) bond motifs is 1. The Labute approximate surface area is 168 Å². The Morgan fingerprint density at radius 2 is 2.07 bits per heavy atom. The summed E-state index contributed by atoms with van der Waals surface area (Å²) in [5.41, 5.74) is 6.58. The van der Waals surface area contributed by atoms with Gasteiger partial charge < -0.3 is 20.6 Å². The van der Waals surface area contributed by atoms with Crippen molar-refractivity contribution in [2.75, 3.05) is 5.32 Å². The molecule has 0 atom stereocenters. The van der Waals surface area contributed by atoms with Crippen molar-refractivity contribution in [3.63, 3.8) is 0 Å². The van der Waals surface area contributed by atoms with Crippen molar-refractivity contribution in [1.82, 2.24) is 14.6 Å². The fraction of sp³-hybridized carbons (Fsp3) is 0.100. The molecule has 9 nitrogen and oxygen atoms in total. The summed E-state index contributed by atoms with van der Waals surface area (Å²) in [7, 11) is 0. The highest BCUT2D eigenvalue weighted by atomic mass is 19.1. The molecular weight excluding hydrogens is 393 g/mol. The lowest BCUT2D eigenvalue weighted by Gasteiger charge is -2.10. The Morgan fingerprint density at radius 1 is 1.23 bits per heavy atom. The average Bonchev–Trinajstić information content (AvgIpc) is 3.36. The topological polar surface area (TPSA) is 136 Å². The molecule has 0 fully saturated rings. The number of nitrogens with two attached hydrogens (primary N) is 1. The fourth-order valence-electron chi connectivity index (χ4n) is 3.03. The van der Waals surface area contributed by atoms with Gasteiger partial charge in [0.15, 0.2) is 11.5 Å². The van der Waals surface area contributed by atoms with Crippen molar-refractivity contribution in [2.24, 2.45) is 5.73 Å². The van der Waals surface area contributed by atoms with Gasteiger partial charge in [-0.2, -0.15) is 0 Å². The highest BCUT2D eigenvalue weighted by Gasteiger charge is 2.21. The second-order valence-corrected chi connectivity index (χ2v) is 6.39. The second kappa shape index (κ2) is 7.76. The first-order valence-corrected chi connectivity index (χ1v) is 8.90. The van der Waals surface area contributed by atoms with Gasteiger partial charge in [-0.3, -0.25) is 9.59 Å². The number of aliphatic carboxylic acids is 1. The number of halogens is 1. The summed E-state index contributed by atoms with van der Waals surface area (Å²) >= 11 is 0. The third-order valence-electron chi connectivity index (χ3n) is 4.45. The molecule has 4 rings (SSSR count). The van der Waals surface area contributed by atoms with E-state index in [1.165, 1.54) is 22.9 Å². The summed E-state index contributed by atoms with van der Waals surface area (Å²) in [5, 5.41) is 15.8. The number of nitrogens with zero attached hydrogens (tertiary/aromatic N) is 3. The van der Waals surface area contributed by atoms with Crippen molar-refractivity contribution in [3.05, 3.63) is 71.7 Å². The molecule has 10 heteroatoms. The number of benzene rings is 1. The van der Waals surface area contributed by atoms with E-state index in [1.807, 2.05) is 0 Å². The summed E-state index contributed by atoms with van der Waals surface area (Å²) in [6, 6.07) is 9.44. The zero-order chi connectivity index (χ0) is 21.3. The number of aromatic nitrogens is 3. The maximum Gasteiger partial charge on any atom is 0.311 e. The molecule has 0 spiro atoms. The summed E-state index contributed by atoms with van der Waals surface area (Å²) < 4.78 is 21.3. The Kier molecular flexibility index (Phi) is 4.98. The van der Waals surface area contributed by atoms with Crippen LogP contribution >= 0.6 is 0 Å². The standard InChI is InChI=1S/C20H16FN5O4/c21-17-11(10-22)3-1-4-12(17)19-24-18(14-5-2-7-26(14)25-19)20(29)23-13-6-8-30-15(13)9-16(27)28/h1-8H,9-10,22H2,(H,23,29)(H,27,28). The lowest BCUT2D eigenvalue weighted by molar-refractivity contribution is -0.136. The first-order valence-electron chi connectivity index (χ1n) is 8.90. The zero-order valence-electron chi connectivity index (χ0n) is 15.5.